The molecule has 0 bridgehead atoms. The van der Waals surface area contributed by atoms with E-state index in [0.29, 0.717) is 11.8 Å². The molecule has 2 heterocycles. The Kier molecular flexibility index (Phi) is 4.36. The van der Waals surface area contributed by atoms with Crippen LogP contribution in [-0.4, -0.2) is 35.4 Å². The minimum absolute atomic E-state index is 0.335. The Labute approximate surface area is 96.8 Å². The molecule has 1 atom stereocenters. The van der Waals surface area contributed by atoms with Gasteiger partial charge in [-0.25, -0.2) is 0 Å². The summed E-state index contributed by atoms with van der Waals surface area (Å²) in [5.74, 6) is 3.10. The van der Waals surface area contributed by atoms with Crippen molar-refractivity contribution in [3.05, 3.63) is 0 Å². The Balaban J connectivity index is 1.87. The van der Waals surface area contributed by atoms with Crippen molar-refractivity contribution in [2.75, 3.05) is 24.6 Å². The maximum absolute atomic E-state index is 12.2. The third-order valence-corrected chi connectivity index (χ3v) is 4.64. The van der Waals surface area contributed by atoms with Crippen LogP contribution in [0.5, 0.6) is 0 Å². The Bertz CT molecular complexity index is 206. The van der Waals surface area contributed by atoms with E-state index in [0.717, 1.165) is 25.3 Å². The van der Waals surface area contributed by atoms with Crippen LogP contribution in [0.4, 0.5) is 0 Å². The zero-order chi connectivity index (χ0) is 10.5. The number of carbonyl (C=O) groups is 1. The van der Waals surface area contributed by atoms with Crippen LogP contribution in [0, 0.1) is 5.92 Å². The van der Waals surface area contributed by atoms with Gasteiger partial charge in [0.2, 0.25) is 5.91 Å². The molecule has 2 aliphatic heterocycles. The minimum Gasteiger partial charge on any atom is -0.342 e. The average Bonchev–Trinajstić information content (AvgIpc) is 2.58. The number of hydrogen-bond acceptors (Lipinski definition) is 2. The lowest BCUT2D eigenvalue weighted by molar-refractivity contribution is -0.135. The Hall–Kier alpha value is -0.180. The van der Waals surface area contributed by atoms with Crippen LogP contribution >= 0.6 is 11.8 Å². The number of rotatable bonds is 1. The molecular weight excluding hydrogens is 206 g/mol. The highest BCUT2D eigenvalue weighted by molar-refractivity contribution is 7.99. The summed E-state index contributed by atoms with van der Waals surface area (Å²) in [6.45, 7) is 2.03. The van der Waals surface area contributed by atoms with Crippen molar-refractivity contribution in [1.29, 1.82) is 0 Å². The zero-order valence-corrected chi connectivity index (χ0v) is 10.2. The predicted octanol–water partition coefficient (Wildman–Crippen LogP) is 2.53. The van der Waals surface area contributed by atoms with Gasteiger partial charge in [0.05, 0.1) is 0 Å². The summed E-state index contributed by atoms with van der Waals surface area (Å²) in [4.78, 5) is 14.3. The minimum atomic E-state index is 0.335. The second kappa shape index (κ2) is 5.78. The highest BCUT2D eigenvalue weighted by Crippen LogP contribution is 2.25. The Morgan fingerprint density at radius 2 is 1.80 bits per heavy atom. The van der Waals surface area contributed by atoms with E-state index in [1.54, 1.807) is 0 Å². The number of hydrogen-bond donors (Lipinski definition) is 0. The smallest absolute Gasteiger partial charge is 0.226 e. The van der Waals surface area contributed by atoms with Crippen molar-refractivity contribution < 1.29 is 4.79 Å². The standard InChI is InChI=1S/C12H21NOS/c14-12(11-6-5-9-15-10-11)13-7-3-1-2-4-8-13/h11H,1-10H2. The molecule has 86 valence electrons. The van der Waals surface area contributed by atoms with Gasteiger partial charge in [0.15, 0.2) is 0 Å². The van der Waals surface area contributed by atoms with Crippen LogP contribution in [0.2, 0.25) is 0 Å². The van der Waals surface area contributed by atoms with E-state index >= 15 is 0 Å². The molecule has 0 aromatic carbocycles. The molecule has 1 unspecified atom stereocenters. The molecular formula is C12H21NOS. The quantitative estimate of drug-likeness (QED) is 0.686. The number of nitrogens with zero attached hydrogens (tertiary/aromatic N) is 1. The van der Waals surface area contributed by atoms with E-state index in [4.69, 9.17) is 0 Å². The van der Waals surface area contributed by atoms with Gasteiger partial charge >= 0.3 is 0 Å². The summed E-state index contributed by atoms with van der Waals surface area (Å²) in [5, 5.41) is 0. The fraction of sp³-hybridized carbons (Fsp3) is 0.917. The van der Waals surface area contributed by atoms with E-state index < -0.39 is 0 Å². The summed E-state index contributed by atoms with van der Waals surface area (Å²) in [6, 6.07) is 0. The van der Waals surface area contributed by atoms with E-state index in [1.165, 1.54) is 37.9 Å². The van der Waals surface area contributed by atoms with Crippen molar-refractivity contribution in [2.45, 2.75) is 38.5 Å². The molecule has 0 N–H and O–H groups in total. The van der Waals surface area contributed by atoms with E-state index in [1.807, 2.05) is 11.8 Å². The largest absolute Gasteiger partial charge is 0.342 e. The second-order valence-electron chi connectivity index (χ2n) is 4.65. The highest BCUT2D eigenvalue weighted by atomic mass is 32.2. The summed E-state index contributed by atoms with van der Waals surface area (Å²) in [7, 11) is 0. The molecule has 0 saturated carbocycles. The fourth-order valence-corrected chi connectivity index (χ4v) is 3.62. The highest BCUT2D eigenvalue weighted by Gasteiger charge is 2.26. The molecule has 2 aliphatic rings. The van der Waals surface area contributed by atoms with Gasteiger partial charge in [0.1, 0.15) is 0 Å². The first-order valence-corrected chi connectivity index (χ1v) is 7.40. The molecule has 0 aliphatic carbocycles. The van der Waals surface area contributed by atoms with Gasteiger partial charge in [-0.3, -0.25) is 4.79 Å². The molecule has 2 rings (SSSR count). The van der Waals surface area contributed by atoms with Crippen LogP contribution in [0.15, 0.2) is 0 Å². The maximum atomic E-state index is 12.2. The summed E-state index contributed by atoms with van der Waals surface area (Å²) in [5.41, 5.74) is 0. The van der Waals surface area contributed by atoms with Crippen molar-refractivity contribution in [3.8, 4) is 0 Å². The van der Waals surface area contributed by atoms with Gasteiger partial charge in [-0.05, 0) is 31.4 Å². The number of thioether (sulfide) groups is 1. The normalized spacial score (nSPS) is 28.5. The predicted molar refractivity (Wildman–Crippen MR) is 65.1 cm³/mol. The van der Waals surface area contributed by atoms with Crippen LogP contribution in [0.1, 0.15) is 38.5 Å². The molecule has 15 heavy (non-hydrogen) atoms. The Morgan fingerprint density at radius 1 is 1.07 bits per heavy atom. The lowest BCUT2D eigenvalue weighted by Gasteiger charge is -2.28. The molecule has 2 fully saturated rings. The van der Waals surface area contributed by atoms with E-state index in [2.05, 4.69) is 4.90 Å². The summed E-state index contributed by atoms with van der Waals surface area (Å²) >= 11 is 1.95. The third kappa shape index (κ3) is 3.13. The number of likely N-dealkylation sites (tertiary alicyclic amines) is 1. The first-order valence-electron chi connectivity index (χ1n) is 6.24. The third-order valence-electron chi connectivity index (χ3n) is 3.43. The topological polar surface area (TPSA) is 20.3 Å². The Morgan fingerprint density at radius 3 is 2.40 bits per heavy atom. The molecule has 0 aromatic heterocycles. The SMILES string of the molecule is O=C(C1CCCSC1)N1CCCCCC1. The van der Waals surface area contributed by atoms with Gasteiger partial charge in [-0.1, -0.05) is 12.8 Å². The van der Waals surface area contributed by atoms with Gasteiger partial charge < -0.3 is 4.90 Å². The monoisotopic (exact) mass is 227 g/mol. The van der Waals surface area contributed by atoms with Crippen LogP contribution in [0.3, 0.4) is 0 Å². The van der Waals surface area contributed by atoms with Crippen molar-refractivity contribution in [1.82, 2.24) is 4.90 Å². The molecule has 1 amide bonds. The molecule has 3 heteroatoms. The van der Waals surface area contributed by atoms with Gasteiger partial charge in [0.25, 0.3) is 0 Å². The first-order chi connectivity index (χ1) is 7.38. The lowest BCUT2D eigenvalue weighted by atomic mass is 10.0. The number of carbonyl (C=O) groups excluding carboxylic acids is 1. The number of amides is 1. The van der Waals surface area contributed by atoms with Gasteiger partial charge in [-0.2, -0.15) is 11.8 Å². The maximum Gasteiger partial charge on any atom is 0.226 e. The molecule has 0 spiro atoms. The first kappa shape index (κ1) is 11.3. The van der Waals surface area contributed by atoms with E-state index in [9.17, 15) is 4.79 Å². The fourth-order valence-electron chi connectivity index (χ4n) is 2.48. The van der Waals surface area contributed by atoms with Gasteiger partial charge in [0, 0.05) is 24.8 Å². The molecule has 0 aromatic rings. The van der Waals surface area contributed by atoms with Crippen LogP contribution in [0.25, 0.3) is 0 Å². The van der Waals surface area contributed by atoms with Crippen molar-refractivity contribution in [2.24, 2.45) is 5.92 Å². The summed E-state index contributed by atoms with van der Waals surface area (Å²) < 4.78 is 0. The molecule has 0 radical (unpaired) electrons. The summed E-state index contributed by atoms with van der Waals surface area (Å²) in [6.07, 6.45) is 7.40. The zero-order valence-electron chi connectivity index (χ0n) is 9.41. The molecule has 2 saturated heterocycles. The second-order valence-corrected chi connectivity index (χ2v) is 5.80. The van der Waals surface area contributed by atoms with Crippen molar-refractivity contribution in [3.63, 3.8) is 0 Å². The lowest BCUT2D eigenvalue weighted by Crippen LogP contribution is -2.38. The van der Waals surface area contributed by atoms with Crippen molar-refractivity contribution >= 4 is 17.7 Å². The van der Waals surface area contributed by atoms with Crippen LogP contribution in [-0.2, 0) is 4.79 Å². The molecule has 2 nitrogen and oxygen atoms in total. The van der Waals surface area contributed by atoms with Gasteiger partial charge in [-0.15, -0.1) is 0 Å². The van der Waals surface area contributed by atoms with Crippen LogP contribution < -0.4 is 0 Å². The van der Waals surface area contributed by atoms with E-state index in [-0.39, 0.29) is 0 Å². The average molecular weight is 227 g/mol.